The quantitative estimate of drug-likeness (QED) is 0.499. The van der Waals surface area contributed by atoms with Gasteiger partial charge in [-0.05, 0) is 12.8 Å². The minimum Gasteiger partial charge on any atom is -0.480 e. The Bertz CT molecular complexity index is 582. The number of sulfonamides is 1. The average Bonchev–Trinajstić information content (AvgIpc) is 2.26. The van der Waals surface area contributed by atoms with Crippen molar-refractivity contribution in [2.24, 2.45) is 5.73 Å². The maximum atomic E-state index is 12.0. The van der Waals surface area contributed by atoms with Gasteiger partial charge < -0.3 is 10.8 Å². The van der Waals surface area contributed by atoms with Crippen LogP contribution in [0, 0.1) is 0 Å². The molecule has 1 fully saturated rings. The van der Waals surface area contributed by atoms with Gasteiger partial charge in [0.1, 0.15) is 15.9 Å². The number of carbonyl (C=O) groups is 2. The third-order valence-corrected chi connectivity index (χ3v) is 6.63. The molecule has 1 atom stereocenters. The summed E-state index contributed by atoms with van der Waals surface area (Å²) >= 11 is 0. The molecule has 4 N–H and O–H groups in total. The Morgan fingerprint density at radius 3 is 2.20 bits per heavy atom. The highest BCUT2D eigenvalue weighted by molar-refractivity contribution is 7.92. The molecule has 20 heavy (non-hydrogen) atoms. The normalized spacial score (nSPS) is 21.2. The summed E-state index contributed by atoms with van der Waals surface area (Å²) in [6.07, 6.45) is -0.860. The van der Waals surface area contributed by atoms with Crippen molar-refractivity contribution in [2.45, 2.75) is 30.6 Å². The van der Waals surface area contributed by atoms with Crippen molar-refractivity contribution in [1.82, 2.24) is 4.72 Å². The Balaban J connectivity index is 2.78. The first kappa shape index (κ1) is 16.9. The lowest BCUT2D eigenvalue weighted by atomic mass is 10.2. The first-order chi connectivity index (χ1) is 9.03. The number of nitrogens with one attached hydrogen (secondary N) is 1. The number of hydrogen-bond donors (Lipinski definition) is 3. The van der Waals surface area contributed by atoms with Gasteiger partial charge in [0.25, 0.3) is 0 Å². The Morgan fingerprint density at radius 1 is 1.30 bits per heavy atom. The van der Waals surface area contributed by atoms with Crippen LogP contribution in [0.15, 0.2) is 0 Å². The molecule has 1 amide bonds. The predicted octanol–water partition coefficient (Wildman–Crippen LogP) is -2.19. The molecule has 11 heteroatoms. The Morgan fingerprint density at radius 2 is 1.80 bits per heavy atom. The molecular weight excluding hydrogens is 312 g/mol. The van der Waals surface area contributed by atoms with Crippen LogP contribution in [0.4, 0.5) is 0 Å². The van der Waals surface area contributed by atoms with Gasteiger partial charge in [-0.1, -0.05) is 0 Å². The van der Waals surface area contributed by atoms with Crippen molar-refractivity contribution in [3.63, 3.8) is 0 Å². The summed E-state index contributed by atoms with van der Waals surface area (Å²) in [5.41, 5.74) is 4.85. The van der Waals surface area contributed by atoms with Crippen LogP contribution in [0.2, 0.25) is 0 Å². The van der Waals surface area contributed by atoms with Crippen LogP contribution < -0.4 is 10.5 Å². The van der Waals surface area contributed by atoms with Crippen molar-refractivity contribution >= 4 is 31.7 Å². The Hall–Kier alpha value is -1.20. The topological polar surface area (TPSA) is 161 Å². The van der Waals surface area contributed by atoms with Gasteiger partial charge >= 0.3 is 5.97 Å². The number of carbonyl (C=O) groups excluding carboxylic acids is 1. The van der Waals surface area contributed by atoms with Crippen LogP contribution in [-0.2, 0) is 29.4 Å². The zero-order chi connectivity index (χ0) is 15.6. The summed E-state index contributed by atoms with van der Waals surface area (Å²) < 4.78 is 48.3. The van der Waals surface area contributed by atoms with E-state index in [1.807, 2.05) is 4.72 Å². The molecule has 0 radical (unpaired) electrons. The van der Waals surface area contributed by atoms with Gasteiger partial charge in [0.15, 0.2) is 0 Å². The van der Waals surface area contributed by atoms with Crippen LogP contribution in [-0.4, -0.2) is 56.6 Å². The molecule has 0 bridgehead atoms. The fourth-order valence-corrected chi connectivity index (χ4v) is 5.27. The van der Waals surface area contributed by atoms with E-state index in [1.165, 1.54) is 0 Å². The van der Waals surface area contributed by atoms with Gasteiger partial charge in [-0.2, -0.15) is 0 Å². The SMILES string of the molecule is NC(=O)C[C@H](NS(=O)(=O)C1CCS(=O)(=O)CC1)C(=O)O. The molecule has 1 aliphatic heterocycles. The van der Waals surface area contributed by atoms with E-state index in [9.17, 15) is 26.4 Å². The standard InChI is InChI=1S/C9H16N2O7S2/c10-8(12)5-7(9(13)14)11-20(17,18)6-1-3-19(15,16)4-2-6/h6-7,11H,1-5H2,(H2,10,12)(H,13,14)/t7-/m0/s1. The Kier molecular flexibility index (Phi) is 5.10. The minimum atomic E-state index is -4.03. The molecule has 0 aromatic rings. The summed E-state index contributed by atoms with van der Waals surface area (Å²) in [4.78, 5) is 21.6. The van der Waals surface area contributed by atoms with E-state index >= 15 is 0 Å². The van der Waals surface area contributed by atoms with Crippen molar-refractivity contribution in [1.29, 1.82) is 0 Å². The second kappa shape index (κ2) is 6.06. The molecule has 0 spiro atoms. The molecule has 1 rings (SSSR count). The molecule has 0 aromatic heterocycles. The van der Waals surface area contributed by atoms with Crippen molar-refractivity contribution in [3.8, 4) is 0 Å². The van der Waals surface area contributed by atoms with Crippen molar-refractivity contribution in [2.75, 3.05) is 11.5 Å². The Labute approximate surface area is 116 Å². The first-order valence-electron chi connectivity index (χ1n) is 5.76. The smallest absolute Gasteiger partial charge is 0.322 e. The maximum absolute atomic E-state index is 12.0. The van der Waals surface area contributed by atoms with Crippen molar-refractivity contribution in [3.05, 3.63) is 0 Å². The molecule has 0 aromatic carbocycles. The van der Waals surface area contributed by atoms with Gasteiger partial charge in [0, 0.05) is 0 Å². The van der Waals surface area contributed by atoms with E-state index in [0.717, 1.165) is 0 Å². The van der Waals surface area contributed by atoms with Gasteiger partial charge in [0.05, 0.1) is 23.2 Å². The second-order valence-electron chi connectivity index (χ2n) is 4.58. The number of sulfone groups is 1. The third kappa shape index (κ3) is 4.72. The van der Waals surface area contributed by atoms with E-state index in [-0.39, 0.29) is 24.3 Å². The molecule has 0 saturated carbocycles. The third-order valence-electron chi connectivity index (χ3n) is 2.95. The van der Waals surface area contributed by atoms with E-state index in [4.69, 9.17) is 10.8 Å². The second-order valence-corrected chi connectivity index (χ2v) is 8.87. The summed E-state index contributed by atoms with van der Waals surface area (Å²) in [6.45, 7) is 0. The van der Waals surface area contributed by atoms with Gasteiger partial charge in [-0.15, -0.1) is 0 Å². The number of aliphatic carboxylic acids is 1. The van der Waals surface area contributed by atoms with Gasteiger partial charge in [-0.25, -0.2) is 21.6 Å². The van der Waals surface area contributed by atoms with Gasteiger partial charge in [-0.3, -0.25) is 9.59 Å². The highest BCUT2D eigenvalue weighted by atomic mass is 32.2. The molecular formula is C9H16N2O7S2. The predicted molar refractivity (Wildman–Crippen MR) is 69.0 cm³/mol. The van der Waals surface area contributed by atoms with Crippen LogP contribution in [0.1, 0.15) is 19.3 Å². The number of carboxylic acid groups (broad SMARTS) is 1. The average molecular weight is 328 g/mol. The molecule has 1 saturated heterocycles. The lowest BCUT2D eigenvalue weighted by Gasteiger charge is -2.24. The number of primary amides is 1. The molecule has 116 valence electrons. The number of carboxylic acids is 1. The van der Waals surface area contributed by atoms with E-state index < -0.39 is 49.4 Å². The summed E-state index contributed by atoms with van der Waals surface area (Å²) in [5, 5.41) is 7.85. The minimum absolute atomic E-state index is 0.0966. The first-order valence-corrected chi connectivity index (χ1v) is 9.13. The highest BCUT2D eigenvalue weighted by Crippen LogP contribution is 2.19. The number of hydrogen-bond acceptors (Lipinski definition) is 6. The van der Waals surface area contributed by atoms with Crippen LogP contribution >= 0.6 is 0 Å². The zero-order valence-corrected chi connectivity index (χ0v) is 12.1. The number of rotatable bonds is 6. The maximum Gasteiger partial charge on any atom is 0.322 e. The summed E-state index contributed by atoms with van der Waals surface area (Å²) in [6, 6.07) is -1.64. The lowest BCUT2D eigenvalue weighted by molar-refractivity contribution is -0.140. The van der Waals surface area contributed by atoms with E-state index in [2.05, 4.69) is 0 Å². The lowest BCUT2D eigenvalue weighted by Crippen LogP contribution is -2.48. The number of nitrogens with two attached hydrogens (primary N) is 1. The molecule has 1 heterocycles. The largest absolute Gasteiger partial charge is 0.480 e. The highest BCUT2D eigenvalue weighted by Gasteiger charge is 2.35. The van der Waals surface area contributed by atoms with E-state index in [1.54, 1.807) is 0 Å². The summed E-state index contributed by atoms with van der Waals surface area (Å²) in [7, 11) is -7.25. The summed E-state index contributed by atoms with van der Waals surface area (Å²) in [5.74, 6) is -2.99. The van der Waals surface area contributed by atoms with Crippen LogP contribution in [0.5, 0.6) is 0 Å². The van der Waals surface area contributed by atoms with Crippen LogP contribution in [0.25, 0.3) is 0 Å². The fraction of sp³-hybridized carbons (Fsp3) is 0.778. The van der Waals surface area contributed by atoms with Crippen molar-refractivity contribution < 1.29 is 31.5 Å². The van der Waals surface area contributed by atoms with Crippen LogP contribution in [0.3, 0.4) is 0 Å². The van der Waals surface area contributed by atoms with Gasteiger partial charge in [0.2, 0.25) is 15.9 Å². The molecule has 0 aliphatic carbocycles. The number of amides is 1. The monoisotopic (exact) mass is 328 g/mol. The fourth-order valence-electron chi connectivity index (χ4n) is 1.85. The molecule has 9 nitrogen and oxygen atoms in total. The molecule has 1 aliphatic rings. The molecule has 0 unspecified atom stereocenters. The van der Waals surface area contributed by atoms with E-state index in [0.29, 0.717) is 0 Å². The zero-order valence-electron chi connectivity index (χ0n) is 10.5.